The first-order chi connectivity index (χ1) is 9.93. The lowest BCUT2D eigenvalue weighted by molar-refractivity contribution is -0.132. The normalized spacial score (nSPS) is 10.5. The van der Waals surface area contributed by atoms with Gasteiger partial charge in [-0.05, 0) is 24.3 Å². The van der Waals surface area contributed by atoms with Crippen LogP contribution in [0.3, 0.4) is 0 Å². The minimum Gasteiger partial charge on any atom is -0.395 e. The molecule has 0 aromatic heterocycles. The maximum atomic E-state index is 12.3. The fourth-order valence-corrected chi connectivity index (χ4v) is 1.70. The van der Waals surface area contributed by atoms with Gasteiger partial charge >= 0.3 is 0 Å². The predicted octanol–water partition coefficient (Wildman–Crippen LogP) is 1.16. The maximum absolute atomic E-state index is 12.3. The molecular formula is C13H15ClF2N2O3. The van der Waals surface area contributed by atoms with E-state index in [0.29, 0.717) is 10.6 Å². The third-order valence-corrected chi connectivity index (χ3v) is 2.84. The Bertz CT molecular complexity index is 483. The summed E-state index contributed by atoms with van der Waals surface area (Å²) in [6.45, 7) is -1.84. The van der Waals surface area contributed by atoms with Crippen LogP contribution in [0.15, 0.2) is 24.3 Å². The van der Waals surface area contributed by atoms with Gasteiger partial charge in [0.05, 0.1) is 19.7 Å². The van der Waals surface area contributed by atoms with Crippen molar-refractivity contribution in [3.05, 3.63) is 34.9 Å². The van der Waals surface area contributed by atoms with E-state index in [-0.39, 0.29) is 6.54 Å². The van der Waals surface area contributed by atoms with E-state index in [9.17, 15) is 18.4 Å². The molecule has 0 unspecified atom stereocenters. The van der Waals surface area contributed by atoms with Crippen molar-refractivity contribution in [3.63, 3.8) is 0 Å². The Morgan fingerprint density at radius 2 is 1.90 bits per heavy atom. The number of hydrogen-bond donors (Lipinski definition) is 2. The largest absolute Gasteiger partial charge is 0.395 e. The fraction of sp³-hybridized carbons (Fsp3) is 0.385. The Morgan fingerprint density at radius 3 is 2.43 bits per heavy atom. The summed E-state index contributed by atoms with van der Waals surface area (Å²) in [4.78, 5) is 24.2. The lowest BCUT2D eigenvalue weighted by Gasteiger charge is -2.21. The van der Waals surface area contributed by atoms with Crippen molar-refractivity contribution in [1.29, 1.82) is 0 Å². The Balaban J connectivity index is 2.53. The van der Waals surface area contributed by atoms with E-state index >= 15 is 0 Å². The molecule has 116 valence electrons. The van der Waals surface area contributed by atoms with Crippen molar-refractivity contribution in [1.82, 2.24) is 10.2 Å². The van der Waals surface area contributed by atoms with E-state index in [1.165, 1.54) is 24.3 Å². The van der Waals surface area contributed by atoms with Gasteiger partial charge < -0.3 is 15.3 Å². The van der Waals surface area contributed by atoms with Crippen molar-refractivity contribution in [2.24, 2.45) is 0 Å². The highest BCUT2D eigenvalue weighted by Crippen LogP contribution is 2.09. The Labute approximate surface area is 125 Å². The Hall–Kier alpha value is -1.73. The van der Waals surface area contributed by atoms with Gasteiger partial charge in [0.15, 0.2) is 0 Å². The zero-order chi connectivity index (χ0) is 15.8. The number of halogens is 3. The Kier molecular flexibility index (Phi) is 7.04. The maximum Gasteiger partial charge on any atom is 0.255 e. The summed E-state index contributed by atoms with van der Waals surface area (Å²) in [5.74, 6) is -1.20. The fourth-order valence-electron chi connectivity index (χ4n) is 1.58. The molecule has 1 aromatic carbocycles. The number of carbonyl (C=O) groups is 2. The van der Waals surface area contributed by atoms with Crippen molar-refractivity contribution >= 4 is 23.4 Å². The summed E-state index contributed by atoms with van der Waals surface area (Å²) in [6.07, 6.45) is -2.70. The summed E-state index contributed by atoms with van der Waals surface area (Å²) < 4.78 is 24.6. The molecule has 0 heterocycles. The van der Waals surface area contributed by atoms with Crippen molar-refractivity contribution in [3.8, 4) is 0 Å². The Morgan fingerprint density at radius 1 is 1.29 bits per heavy atom. The molecule has 21 heavy (non-hydrogen) atoms. The molecule has 1 aromatic rings. The van der Waals surface area contributed by atoms with Crippen LogP contribution >= 0.6 is 11.6 Å². The van der Waals surface area contributed by atoms with E-state index in [4.69, 9.17) is 16.7 Å². The van der Waals surface area contributed by atoms with Gasteiger partial charge in [0, 0.05) is 17.1 Å². The van der Waals surface area contributed by atoms with Crippen LogP contribution in [-0.4, -0.2) is 54.5 Å². The smallest absolute Gasteiger partial charge is 0.255 e. The highest BCUT2D eigenvalue weighted by Gasteiger charge is 2.18. The second-order valence-corrected chi connectivity index (χ2v) is 4.58. The number of benzene rings is 1. The molecule has 0 radical (unpaired) electrons. The number of rotatable bonds is 7. The number of aliphatic hydroxyl groups is 1. The zero-order valence-corrected chi connectivity index (χ0v) is 11.8. The molecule has 0 saturated heterocycles. The van der Waals surface area contributed by atoms with Crippen LogP contribution in [-0.2, 0) is 4.79 Å². The monoisotopic (exact) mass is 320 g/mol. The van der Waals surface area contributed by atoms with Gasteiger partial charge in [0.1, 0.15) is 0 Å². The predicted molar refractivity (Wildman–Crippen MR) is 73.5 cm³/mol. The van der Waals surface area contributed by atoms with Crippen LogP contribution in [0, 0.1) is 0 Å². The molecule has 1 rings (SSSR count). The van der Waals surface area contributed by atoms with E-state index in [1.54, 1.807) is 0 Å². The first-order valence-corrected chi connectivity index (χ1v) is 6.52. The van der Waals surface area contributed by atoms with Gasteiger partial charge in [0.25, 0.3) is 12.3 Å². The highest BCUT2D eigenvalue weighted by molar-refractivity contribution is 6.30. The first kappa shape index (κ1) is 17.3. The van der Waals surface area contributed by atoms with Gasteiger partial charge in [-0.15, -0.1) is 0 Å². The van der Waals surface area contributed by atoms with Gasteiger partial charge in [0.2, 0.25) is 5.91 Å². The molecule has 8 heteroatoms. The third kappa shape index (κ3) is 6.05. The van der Waals surface area contributed by atoms with E-state index < -0.39 is 37.9 Å². The molecule has 0 aliphatic rings. The lowest BCUT2D eigenvalue weighted by Crippen LogP contribution is -2.43. The van der Waals surface area contributed by atoms with Crippen LogP contribution in [0.2, 0.25) is 5.02 Å². The lowest BCUT2D eigenvalue weighted by atomic mass is 10.2. The molecule has 0 atom stereocenters. The van der Waals surface area contributed by atoms with Crippen molar-refractivity contribution in [2.75, 3.05) is 26.2 Å². The van der Waals surface area contributed by atoms with Crippen molar-refractivity contribution in [2.45, 2.75) is 6.43 Å². The number of aliphatic hydroxyl groups excluding tert-OH is 1. The summed E-state index contributed by atoms with van der Waals surface area (Å²) in [5.41, 5.74) is 0.301. The number of nitrogens with one attached hydrogen (secondary N) is 1. The van der Waals surface area contributed by atoms with Crippen LogP contribution in [0.25, 0.3) is 0 Å². The number of alkyl halides is 2. The van der Waals surface area contributed by atoms with Crippen LogP contribution < -0.4 is 5.32 Å². The van der Waals surface area contributed by atoms with Gasteiger partial charge in [-0.2, -0.15) is 0 Å². The topological polar surface area (TPSA) is 69.6 Å². The summed E-state index contributed by atoms with van der Waals surface area (Å²) >= 11 is 5.68. The number of hydrogen-bond acceptors (Lipinski definition) is 3. The molecule has 0 saturated carbocycles. The summed E-state index contributed by atoms with van der Waals surface area (Å²) in [5, 5.41) is 11.5. The van der Waals surface area contributed by atoms with E-state index in [0.717, 1.165) is 4.90 Å². The van der Waals surface area contributed by atoms with E-state index in [2.05, 4.69) is 5.32 Å². The van der Waals surface area contributed by atoms with Crippen LogP contribution in [0.5, 0.6) is 0 Å². The zero-order valence-electron chi connectivity index (χ0n) is 11.1. The molecule has 2 N–H and O–H groups in total. The third-order valence-electron chi connectivity index (χ3n) is 2.59. The molecule has 5 nitrogen and oxygen atoms in total. The second kappa shape index (κ2) is 8.53. The average molecular weight is 321 g/mol. The van der Waals surface area contributed by atoms with Crippen molar-refractivity contribution < 1.29 is 23.5 Å². The second-order valence-electron chi connectivity index (χ2n) is 4.14. The summed E-state index contributed by atoms with van der Waals surface area (Å²) in [7, 11) is 0. The standard InChI is InChI=1S/C13H15ClF2N2O3/c14-10-3-1-9(2-4-10)13(21)17-7-12(20)18(5-6-19)8-11(15)16/h1-4,11,19H,5-8H2,(H,17,21). The highest BCUT2D eigenvalue weighted by atomic mass is 35.5. The minimum atomic E-state index is -2.70. The van der Waals surface area contributed by atoms with Gasteiger partial charge in [-0.3, -0.25) is 9.59 Å². The number of carbonyl (C=O) groups excluding carboxylic acids is 2. The summed E-state index contributed by atoms with van der Waals surface area (Å²) in [6, 6.07) is 6.00. The molecule has 0 bridgehead atoms. The van der Waals surface area contributed by atoms with E-state index in [1.807, 2.05) is 0 Å². The first-order valence-electron chi connectivity index (χ1n) is 6.14. The molecular weight excluding hydrogens is 306 g/mol. The number of amides is 2. The minimum absolute atomic E-state index is 0.208. The van der Waals surface area contributed by atoms with Gasteiger partial charge in [-0.1, -0.05) is 11.6 Å². The average Bonchev–Trinajstić information content (AvgIpc) is 2.44. The SMILES string of the molecule is O=C(NCC(=O)N(CCO)CC(F)F)c1ccc(Cl)cc1. The molecule has 2 amide bonds. The number of nitrogens with zero attached hydrogens (tertiary/aromatic N) is 1. The molecule has 0 fully saturated rings. The molecule has 0 aliphatic carbocycles. The van der Waals surface area contributed by atoms with Gasteiger partial charge in [-0.25, -0.2) is 8.78 Å². The molecule has 0 aliphatic heterocycles. The quantitative estimate of drug-likeness (QED) is 0.792. The van der Waals surface area contributed by atoms with Crippen LogP contribution in [0.4, 0.5) is 8.78 Å². The van der Waals surface area contributed by atoms with Crippen LogP contribution in [0.1, 0.15) is 10.4 Å². The molecule has 0 spiro atoms.